The number of aliphatic hydroxyl groups excluding tert-OH is 1. The van der Waals surface area contributed by atoms with Crippen LogP contribution in [0.2, 0.25) is 0 Å². The van der Waals surface area contributed by atoms with Crippen molar-refractivity contribution in [1.82, 2.24) is 4.90 Å². The molecule has 1 aromatic rings. The Kier molecular flexibility index (Phi) is 5.14. The molecule has 1 fully saturated rings. The van der Waals surface area contributed by atoms with Crippen LogP contribution in [0, 0.1) is 0 Å². The Balaban J connectivity index is 2.10. The van der Waals surface area contributed by atoms with Crippen molar-refractivity contribution in [3.05, 3.63) is 40.4 Å². The van der Waals surface area contributed by atoms with E-state index in [1.54, 1.807) is 6.08 Å². The zero-order valence-electron chi connectivity index (χ0n) is 11.5. The normalized spacial score (nSPS) is 21.8. The summed E-state index contributed by atoms with van der Waals surface area (Å²) in [4.78, 5) is 25.2. The average Bonchev–Trinajstić information content (AvgIpc) is 2.86. The van der Waals surface area contributed by atoms with Crippen LogP contribution in [0.25, 0.3) is 6.08 Å². The van der Waals surface area contributed by atoms with Crippen molar-refractivity contribution in [2.45, 2.75) is 18.6 Å². The van der Waals surface area contributed by atoms with Gasteiger partial charge >= 0.3 is 5.97 Å². The lowest BCUT2D eigenvalue weighted by Crippen LogP contribution is -2.40. The van der Waals surface area contributed by atoms with Gasteiger partial charge in [-0.15, -0.1) is 0 Å². The molecule has 0 radical (unpaired) electrons. The molecule has 0 aliphatic carbocycles. The van der Waals surface area contributed by atoms with Crippen LogP contribution in [0.4, 0.5) is 0 Å². The van der Waals surface area contributed by atoms with Gasteiger partial charge in [0.15, 0.2) is 0 Å². The molecule has 1 N–H and O–H groups in total. The quantitative estimate of drug-likeness (QED) is 0.662. The topological polar surface area (TPSA) is 66.8 Å². The van der Waals surface area contributed by atoms with E-state index in [4.69, 9.17) is 0 Å². The maximum absolute atomic E-state index is 12.2. The van der Waals surface area contributed by atoms with E-state index in [0.717, 1.165) is 10.0 Å². The van der Waals surface area contributed by atoms with E-state index in [1.165, 1.54) is 18.1 Å². The number of nitrogens with zero attached hydrogens (tertiary/aromatic N) is 1. The lowest BCUT2D eigenvalue weighted by Gasteiger charge is -2.20. The summed E-state index contributed by atoms with van der Waals surface area (Å²) in [5.74, 6) is -0.822. The molecule has 6 heteroatoms. The van der Waals surface area contributed by atoms with E-state index < -0.39 is 18.1 Å². The zero-order valence-corrected chi connectivity index (χ0v) is 13.1. The minimum absolute atomic E-state index is 0.140. The average molecular weight is 354 g/mol. The number of aliphatic hydroxyl groups is 1. The van der Waals surface area contributed by atoms with Gasteiger partial charge in [0.25, 0.3) is 0 Å². The minimum Gasteiger partial charge on any atom is -0.467 e. The van der Waals surface area contributed by atoms with E-state index in [0.29, 0.717) is 0 Å². The van der Waals surface area contributed by atoms with E-state index in [-0.39, 0.29) is 18.9 Å². The number of benzene rings is 1. The van der Waals surface area contributed by atoms with E-state index in [2.05, 4.69) is 20.7 Å². The summed E-state index contributed by atoms with van der Waals surface area (Å²) in [6.07, 6.45) is 2.59. The molecule has 1 amide bonds. The molecule has 1 heterocycles. The second-order valence-electron chi connectivity index (χ2n) is 4.81. The summed E-state index contributed by atoms with van der Waals surface area (Å²) < 4.78 is 5.58. The maximum atomic E-state index is 12.2. The lowest BCUT2D eigenvalue weighted by atomic mass is 10.2. The molecule has 0 spiro atoms. The number of methoxy groups -OCH3 is 1. The highest BCUT2D eigenvalue weighted by Gasteiger charge is 2.38. The lowest BCUT2D eigenvalue weighted by molar-refractivity contribution is -0.149. The predicted octanol–water partition coefficient (Wildman–Crippen LogP) is 1.60. The molecule has 5 nitrogen and oxygen atoms in total. The maximum Gasteiger partial charge on any atom is 0.328 e. The van der Waals surface area contributed by atoms with Crippen LogP contribution >= 0.6 is 15.9 Å². The highest BCUT2D eigenvalue weighted by Crippen LogP contribution is 2.20. The summed E-state index contributed by atoms with van der Waals surface area (Å²) >= 11 is 3.36. The van der Waals surface area contributed by atoms with Gasteiger partial charge in [0.1, 0.15) is 6.04 Å². The van der Waals surface area contributed by atoms with E-state index in [9.17, 15) is 14.7 Å². The standard InChI is InChI=1S/C15H16BrNO4/c1-21-15(20)13-8-12(18)9-17(13)14(19)6-5-10-3-2-4-11(16)7-10/h2-7,12-13,18H,8-9H2,1H3/b6-5+. The molecular weight excluding hydrogens is 338 g/mol. The van der Waals surface area contributed by atoms with Crippen LogP contribution in [0.5, 0.6) is 0 Å². The van der Waals surface area contributed by atoms with E-state index >= 15 is 0 Å². The Bertz CT molecular complexity index is 573. The van der Waals surface area contributed by atoms with Gasteiger partial charge in [-0.2, -0.15) is 0 Å². The molecule has 2 unspecified atom stereocenters. The van der Waals surface area contributed by atoms with Gasteiger partial charge in [-0.05, 0) is 23.8 Å². The summed E-state index contributed by atoms with van der Waals surface area (Å²) in [7, 11) is 1.27. The van der Waals surface area contributed by atoms with Crippen molar-refractivity contribution in [1.29, 1.82) is 0 Å². The number of ether oxygens (including phenoxy) is 1. The van der Waals surface area contributed by atoms with Crippen molar-refractivity contribution in [3.8, 4) is 0 Å². The van der Waals surface area contributed by atoms with Crippen molar-refractivity contribution in [2.75, 3.05) is 13.7 Å². The van der Waals surface area contributed by atoms with Gasteiger partial charge in [0.2, 0.25) is 5.91 Å². The number of amides is 1. The van der Waals surface area contributed by atoms with Crippen molar-refractivity contribution in [2.24, 2.45) is 0 Å². The SMILES string of the molecule is COC(=O)C1CC(O)CN1C(=O)/C=C/c1cccc(Br)c1. The molecule has 112 valence electrons. The molecule has 21 heavy (non-hydrogen) atoms. The Morgan fingerprint density at radius 2 is 2.24 bits per heavy atom. The first-order chi connectivity index (χ1) is 10.0. The third-order valence-corrected chi connectivity index (χ3v) is 3.80. The summed E-state index contributed by atoms with van der Waals surface area (Å²) in [5, 5.41) is 9.65. The summed E-state index contributed by atoms with van der Waals surface area (Å²) in [6, 6.07) is 6.78. The fourth-order valence-electron chi connectivity index (χ4n) is 2.29. The third-order valence-electron chi connectivity index (χ3n) is 3.30. The highest BCUT2D eigenvalue weighted by atomic mass is 79.9. The van der Waals surface area contributed by atoms with Crippen LogP contribution in [0.3, 0.4) is 0 Å². The molecule has 1 aromatic carbocycles. The van der Waals surface area contributed by atoms with Gasteiger partial charge in [-0.1, -0.05) is 28.1 Å². The Labute approximate surface area is 131 Å². The van der Waals surface area contributed by atoms with Crippen molar-refractivity contribution < 1.29 is 19.4 Å². The number of rotatable bonds is 3. The number of carbonyl (C=O) groups is 2. The molecule has 0 aromatic heterocycles. The smallest absolute Gasteiger partial charge is 0.328 e. The van der Waals surface area contributed by atoms with Crippen LogP contribution in [0.1, 0.15) is 12.0 Å². The first-order valence-electron chi connectivity index (χ1n) is 6.51. The molecule has 2 atom stereocenters. The van der Waals surface area contributed by atoms with Crippen LogP contribution in [0.15, 0.2) is 34.8 Å². The summed E-state index contributed by atoms with van der Waals surface area (Å²) in [6.45, 7) is 0.140. The monoisotopic (exact) mass is 353 g/mol. The van der Waals surface area contributed by atoms with Gasteiger partial charge in [0.05, 0.1) is 13.2 Å². The van der Waals surface area contributed by atoms with Crippen molar-refractivity contribution >= 4 is 33.9 Å². The molecular formula is C15H16BrNO4. The number of hydrogen-bond donors (Lipinski definition) is 1. The van der Waals surface area contributed by atoms with Gasteiger partial charge in [-0.25, -0.2) is 4.79 Å². The fraction of sp³-hybridized carbons (Fsp3) is 0.333. The number of carbonyl (C=O) groups excluding carboxylic acids is 2. The first-order valence-corrected chi connectivity index (χ1v) is 7.30. The van der Waals surface area contributed by atoms with Gasteiger partial charge in [0, 0.05) is 23.5 Å². The molecule has 0 bridgehead atoms. The van der Waals surface area contributed by atoms with Gasteiger partial charge < -0.3 is 14.7 Å². The first kappa shape index (κ1) is 15.7. The molecule has 1 aliphatic heterocycles. The predicted molar refractivity (Wildman–Crippen MR) is 81.3 cm³/mol. The fourth-order valence-corrected chi connectivity index (χ4v) is 2.71. The molecule has 1 aliphatic rings. The Hall–Kier alpha value is -1.66. The van der Waals surface area contributed by atoms with E-state index in [1.807, 2.05) is 24.3 Å². The summed E-state index contributed by atoms with van der Waals surface area (Å²) in [5.41, 5.74) is 0.868. The molecule has 1 saturated heterocycles. The Morgan fingerprint density at radius 1 is 1.48 bits per heavy atom. The largest absolute Gasteiger partial charge is 0.467 e. The van der Waals surface area contributed by atoms with Crippen LogP contribution in [-0.2, 0) is 14.3 Å². The number of halogens is 1. The Morgan fingerprint density at radius 3 is 2.90 bits per heavy atom. The number of β-amino-alcohol motifs (C(OH)–C–C–N with tert-alkyl or cyclic N) is 1. The number of likely N-dealkylation sites (tertiary alicyclic amines) is 1. The highest BCUT2D eigenvalue weighted by molar-refractivity contribution is 9.10. The minimum atomic E-state index is -0.718. The van der Waals surface area contributed by atoms with Gasteiger partial charge in [-0.3, -0.25) is 4.79 Å². The molecule has 0 saturated carbocycles. The van der Waals surface area contributed by atoms with Crippen LogP contribution in [-0.4, -0.2) is 47.7 Å². The number of esters is 1. The molecule has 2 rings (SSSR count). The number of hydrogen-bond acceptors (Lipinski definition) is 4. The second kappa shape index (κ2) is 6.87. The third kappa shape index (κ3) is 3.92. The van der Waals surface area contributed by atoms with Crippen molar-refractivity contribution in [3.63, 3.8) is 0 Å². The van der Waals surface area contributed by atoms with Crippen LogP contribution < -0.4 is 0 Å². The second-order valence-corrected chi connectivity index (χ2v) is 5.72. The zero-order chi connectivity index (χ0) is 15.4.